The molecule has 1 aromatic heterocycles. The van der Waals surface area contributed by atoms with E-state index in [-0.39, 0.29) is 89.9 Å². The summed E-state index contributed by atoms with van der Waals surface area (Å²) >= 11 is 0. The number of carbonyl (C=O) groups excluding carboxylic acids is 8. The third kappa shape index (κ3) is 34.2. The number of hydrogen-bond donors (Lipinski definition) is 11. The molecule has 3 rings (SSSR count). The minimum absolute atomic E-state index is 0.00964. The third-order valence-electron chi connectivity index (χ3n) is 14.8. The molecule has 3 heterocycles. The maximum Gasteiger partial charge on any atom is 0.317 e. The van der Waals surface area contributed by atoms with E-state index in [1.807, 2.05) is 0 Å². The summed E-state index contributed by atoms with van der Waals surface area (Å²) in [6, 6.07) is -6.52. The number of nitrogens with zero attached hydrogens (tertiary/aromatic N) is 6. The number of allylic oxidation sites excluding steroid dienone is 1. The molecule has 0 aromatic carbocycles. The average molecular weight is 1250 g/mol. The van der Waals surface area contributed by atoms with Gasteiger partial charge in [-0.3, -0.25) is 62.6 Å². The Hall–Kier alpha value is -7.47. The van der Waals surface area contributed by atoms with E-state index < -0.39 is 109 Å². The molecule has 12 N–H and O–H groups in total. The number of likely N-dealkylation sites (tertiary alicyclic amines) is 1. The predicted octanol–water partition coefficient (Wildman–Crippen LogP) is 1.33. The fourth-order valence-corrected chi connectivity index (χ4v) is 10.1. The highest BCUT2D eigenvalue weighted by molar-refractivity contribution is 5.96. The summed E-state index contributed by atoms with van der Waals surface area (Å²) in [6.45, 7) is 1.37. The Labute approximate surface area is 514 Å². The molecule has 0 radical (unpaired) electrons. The van der Waals surface area contributed by atoms with Crippen molar-refractivity contribution < 1.29 is 77.5 Å². The number of amides is 8. The van der Waals surface area contributed by atoms with Gasteiger partial charge in [0.15, 0.2) is 5.82 Å². The van der Waals surface area contributed by atoms with Gasteiger partial charge in [0.2, 0.25) is 47.3 Å². The van der Waals surface area contributed by atoms with E-state index in [9.17, 15) is 68.1 Å². The molecule has 1 saturated heterocycles. The fraction of sp³-hybridized carbons (Fsp3) is 0.741. The SMILES string of the molecule is CC(=O)N1CCC[C@H]1C(=O)N[C@@H](CC1=CCC=N1)C(=O)N[C@@H](CCC(=O)O)C(=O)N[C@@H](CCCCN(CC(=O)O)CC(=O)O)C(=O)N[C@@H](CCCCNC(=O)COCCOCCNC(=O)CCCCCCCCCCCCCCCc1nn[nH]n1)C(N)=O. The van der Waals surface area contributed by atoms with E-state index in [0.717, 1.165) is 42.8 Å². The lowest BCUT2D eigenvalue weighted by Gasteiger charge is -2.28. The third-order valence-corrected chi connectivity index (χ3v) is 14.8. The smallest absolute Gasteiger partial charge is 0.317 e. The summed E-state index contributed by atoms with van der Waals surface area (Å²) in [6.07, 6.45) is 20.8. The Morgan fingerprint density at radius 2 is 1.23 bits per heavy atom. The molecule has 0 spiro atoms. The normalized spacial score (nSPS) is 15.0. The number of rotatable bonds is 52. The van der Waals surface area contributed by atoms with E-state index in [4.69, 9.17) is 15.2 Å². The first-order valence-corrected chi connectivity index (χ1v) is 31.1. The number of carbonyl (C=O) groups is 11. The molecule has 30 nitrogen and oxygen atoms in total. The quantitative estimate of drug-likeness (QED) is 0.0410. The predicted molar refractivity (Wildman–Crippen MR) is 320 cm³/mol. The van der Waals surface area contributed by atoms with Crippen molar-refractivity contribution >= 4 is 71.4 Å². The molecule has 30 heteroatoms. The first-order chi connectivity index (χ1) is 42.3. The summed E-state index contributed by atoms with van der Waals surface area (Å²) < 4.78 is 10.9. The minimum Gasteiger partial charge on any atom is -0.481 e. The van der Waals surface area contributed by atoms with Gasteiger partial charge in [0.1, 0.15) is 36.8 Å². The van der Waals surface area contributed by atoms with E-state index in [1.54, 1.807) is 12.3 Å². The number of aliphatic imine (C=N–C) groups is 1. The molecule has 0 bridgehead atoms. The number of nitrogens with one attached hydrogen (secondary N) is 7. The van der Waals surface area contributed by atoms with Crippen LogP contribution in [-0.2, 0) is 68.6 Å². The van der Waals surface area contributed by atoms with Gasteiger partial charge < -0.3 is 67.3 Å². The highest BCUT2D eigenvalue weighted by Crippen LogP contribution is 2.20. The molecule has 2 aliphatic rings. The van der Waals surface area contributed by atoms with Crippen molar-refractivity contribution in [1.29, 1.82) is 0 Å². The number of aliphatic carboxylic acids is 3. The van der Waals surface area contributed by atoms with Gasteiger partial charge in [0, 0.05) is 70.6 Å². The van der Waals surface area contributed by atoms with E-state index in [0.29, 0.717) is 50.9 Å². The highest BCUT2D eigenvalue weighted by atomic mass is 16.5. The maximum atomic E-state index is 14.1. The molecule has 1 aromatic rings. The number of aryl methyl sites for hydroxylation is 1. The number of tetrazole rings is 1. The molecule has 88 heavy (non-hydrogen) atoms. The number of carboxylic acid groups (broad SMARTS) is 3. The standard InChI is InChI=1S/C58H96N14O16/c1-41(73)72-33-20-24-47(72)58(86)66-46(37-42-21-19-30-60-42)57(85)65-45(27-28-51(76)77)56(84)64-44(23-16-18-32-71(38-52(78)79)39-53(80)81)55(83)63-43(54(59)82)22-15-17-29-61-50(75)40-88-36-35-87-34-31-62-49(74)26-14-12-10-8-6-4-2-3-5-7-9-11-13-25-48-67-69-70-68-48/h21,30,43-47H,2-20,22-29,31-40H2,1H3,(H2,59,82)(H,61,75)(H,62,74)(H,63,83)(H,64,84)(H,65,85)(H,66,86)(H,76,77)(H,78,79)(H,80,81)(H,67,68,69,70)/t43-,44-,45-,46-,47-/m0/s1. The van der Waals surface area contributed by atoms with Crippen molar-refractivity contribution in [2.75, 3.05) is 65.7 Å². The number of H-pyrrole nitrogens is 1. The number of carboxylic acids is 3. The zero-order valence-corrected chi connectivity index (χ0v) is 51.1. The van der Waals surface area contributed by atoms with Crippen LogP contribution in [-0.4, -0.2) is 213 Å². The van der Waals surface area contributed by atoms with Crippen LogP contribution in [0.5, 0.6) is 0 Å². The van der Waals surface area contributed by atoms with Gasteiger partial charge in [-0.2, -0.15) is 5.21 Å². The van der Waals surface area contributed by atoms with Crippen molar-refractivity contribution in [1.82, 2.24) is 62.3 Å². The van der Waals surface area contributed by atoms with E-state index in [2.05, 4.69) is 57.5 Å². The number of aromatic nitrogens is 4. The van der Waals surface area contributed by atoms with Crippen LogP contribution in [0, 0.1) is 0 Å². The Balaban J connectivity index is 1.40. The number of ether oxygens (including phenoxy) is 2. The second kappa shape index (κ2) is 44.9. The molecule has 0 aliphatic carbocycles. The summed E-state index contributed by atoms with van der Waals surface area (Å²) in [5, 5.41) is 58.1. The molecular weight excluding hydrogens is 1150 g/mol. The average Bonchev–Trinajstić information content (AvgIpc) is 4.42. The van der Waals surface area contributed by atoms with Gasteiger partial charge in [-0.15, -0.1) is 10.2 Å². The van der Waals surface area contributed by atoms with Crippen LogP contribution in [0.1, 0.15) is 180 Å². The van der Waals surface area contributed by atoms with Crippen LogP contribution in [0.3, 0.4) is 0 Å². The van der Waals surface area contributed by atoms with Crippen LogP contribution in [0.15, 0.2) is 16.8 Å². The van der Waals surface area contributed by atoms with Gasteiger partial charge in [0.05, 0.1) is 32.9 Å². The Bertz CT molecular complexity index is 2380. The Morgan fingerprint density at radius 3 is 1.82 bits per heavy atom. The van der Waals surface area contributed by atoms with Gasteiger partial charge in [-0.25, -0.2) is 0 Å². The van der Waals surface area contributed by atoms with Crippen LogP contribution in [0.25, 0.3) is 0 Å². The zero-order valence-electron chi connectivity index (χ0n) is 51.1. The molecule has 494 valence electrons. The van der Waals surface area contributed by atoms with Crippen molar-refractivity contribution in [3.05, 3.63) is 17.6 Å². The van der Waals surface area contributed by atoms with Gasteiger partial charge >= 0.3 is 17.9 Å². The minimum atomic E-state index is -1.60. The van der Waals surface area contributed by atoms with Crippen LogP contribution >= 0.6 is 0 Å². The highest BCUT2D eigenvalue weighted by Gasteiger charge is 2.36. The van der Waals surface area contributed by atoms with Crippen molar-refractivity contribution in [3.63, 3.8) is 0 Å². The maximum absolute atomic E-state index is 14.1. The monoisotopic (exact) mass is 1240 g/mol. The molecule has 0 saturated carbocycles. The Morgan fingerprint density at radius 1 is 0.648 bits per heavy atom. The van der Waals surface area contributed by atoms with Crippen molar-refractivity contribution in [3.8, 4) is 0 Å². The summed E-state index contributed by atoms with van der Waals surface area (Å²) in [5.41, 5.74) is 6.15. The van der Waals surface area contributed by atoms with Gasteiger partial charge in [-0.1, -0.05) is 81.9 Å². The largest absolute Gasteiger partial charge is 0.481 e. The lowest BCUT2D eigenvalue weighted by molar-refractivity contribution is -0.142. The fourth-order valence-electron chi connectivity index (χ4n) is 10.1. The van der Waals surface area contributed by atoms with E-state index in [1.165, 1.54) is 69.6 Å². The van der Waals surface area contributed by atoms with Crippen molar-refractivity contribution in [2.24, 2.45) is 10.7 Å². The number of primary amides is 1. The Kier molecular flexibility index (Phi) is 38.1. The lowest BCUT2D eigenvalue weighted by atomic mass is 10.0. The van der Waals surface area contributed by atoms with Crippen LogP contribution in [0.4, 0.5) is 0 Å². The number of unbranched alkanes of at least 4 members (excludes halogenated alkanes) is 14. The number of hydrogen-bond acceptors (Lipinski definition) is 18. The first kappa shape index (κ1) is 74.8. The van der Waals surface area contributed by atoms with Crippen molar-refractivity contribution in [2.45, 2.75) is 210 Å². The van der Waals surface area contributed by atoms with Gasteiger partial charge in [-0.05, 0) is 77.2 Å². The van der Waals surface area contributed by atoms with Crippen LogP contribution < -0.4 is 37.6 Å². The lowest BCUT2D eigenvalue weighted by Crippen LogP contribution is -2.59. The molecule has 0 unspecified atom stereocenters. The molecule has 2 aliphatic heterocycles. The second-order valence-corrected chi connectivity index (χ2v) is 22.2. The van der Waals surface area contributed by atoms with Gasteiger partial charge in [0.25, 0.3) is 0 Å². The molecule has 8 amide bonds. The summed E-state index contributed by atoms with van der Waals surface area (Å²) in [4.78, 5) is 147. The molecule has 5 atom stereocenters. The zero-order chi connectivity index (χ0) is 64.3. The number of nitrogens with two attached hydrogens (primary N) is 1. The topological polar surface area (TPSA) is 438 Å². The summed E-state index contributed by atoms with van der Waals surface area (Å²) in [5.74, 6) is -8.16. The molecular formula is C58H96N14O16. The summed E-state index contributed by atoms with van der Waals surface area (Å²) in [7, 11) is 0. The number of aromatic amines is 1. The van der Waals surface area contributed by atoms with Crippen LogP contribution in [0.2, 0.25) is 0 Å². The molecule has 1 fully saturated rings. The second-order valence-electron chi connectivity index (χ2n) is 22.2. The van der Waals surface area contributed by atoms with E-state index >= 15 is 0 Å². The first-order valence-electron chi connectivity index (χ1n) is 31.1.